The van der Waals surface area contributed by atoms with Crippen molar-refractivity contribution in [1.29, 1.82) is 0 Å². The van der Waals surface area contributed by atoms with Gasteiger partial charge in [0.25, 0.3) is 0 Å². The minimum absolute atomic E-state index is 0.0440. The van der Waals surface area contributed by atoms with Gasteiger partial charge in [-0.3, -0.25) is 4.79 Å². The van der Waals surface area contributed by atoms with E-state index in [9.17, 15) is 13.6 Å². The molecule has 0 aliphatic heterocycles. The summed E-state index contributed by atoms with van der Waals surface area (Å²) in [6, 6.07) is 3.04. The van der Waals surface area contributed by atoms with Crippen LogP contribution in [0.1, 0.15) is 43.8 Å². The van der Waals surface area contributed by atoms with Crippen molar-refractivity contribution in [3.63, 3.8) is 0 Å². The van der Waals surface area contributed by atoms with Gasteiger partial charge in [0.15, 0.2) is 5.16 Å². The van der Waals surface area contributed by atoms with Crippen molar-refractivity contribution in [2.45, 2.75) is 49.7 Å². The van der Waals surface area contributed by atoms with Gasteiger partial charge in [0.05, 0.1) is 11.4 Å². The number of rotatable bonds is 7. The zero-order valence-corrected chi connectivity index (χ0v) is 15.8. The molecule has 5 nitrogen and oxygen atoms in total. The van der Waals surface area contributed by atoms with Gasteiger partial charge in [-0.15, -0.1) is 16.8 Å². The molecule has 0 spiro atoms. The fourth-order valence-corrected chi connectivity index (χ4v) is 4.03. The van der Waals surface area contributed by atoms with Gasteiger partial charge < -0.3 is 9.88 Å². The van der Waals surface area contributed by atoms with Crippen LogP contribution in [0, 0.1) is 11.6 Å². The number of thioether (sulfide) groups is 1. The number of benzene rings is 1. The monoisotopic (exact) mass is 392 g/mol. The number of carbonyl (C=O) groups is 1. The fourth-order valence-electron chi connectivity index (χ4n) is 3.28. The van der Waals surface area contributed by atoms with E-state index in [2.05, 4.69) is 22.1 Å². The lowest BCUT2D eigenvalue weighted by molar-refractivity contribution is -0.113. The summed E-state index contributed by atoms with van der Waals surface area (Å²) in [6.45, 7) is 4.37. The third kappa shape index (κ3) is 4.94. The van der Waals surface area contributed by atoms with Crippen LogP contribution in [0.3, 0.4) is 0 Å². The van der Waals surface area contributed by atoms with E-state index >= 15 is 0 Å². The molecule has 2 aromatic rings. The molecule has 0 unspecified atom stereocenters. The maximum absolute atomic E-state index is 13.6. The van der Waals surface area contributed by atoms with E-state index in [1.165, 1.54) is 37.1 Å². The Kier molecular flexibility index (Phi) is 6.60. The molecule has 8 heteroatoms. The lowest BCUT2D eigenvalue weighted by Crippen LogP contribution is -2.16. The van der Waals surface area contributed by atoms with Crippen LogP contribution in [0.25, 0.3) is 0 Å². The molecule has 1 amide bonds. The first-order chi connectivity index (χ1) is 13.1. The largest absolute Gasteiger partial charge is 0.323 e. The van der Waals surface area contributed by atoms with Gasteiger partial charge in [-0.1, -0.05) is 37.1 Å². The highest BCUT2D eigenvalue weighted by molar-refractivity contribution is 7.99. The molecule has 1 aliphatic carbocycles. The van der Waals surface area contributed by atoms with Gasteiger partial charge in [0, 0.05) is 18.5 Å². The number of halogens is 2. The number of hydrogen-bond acceptors (Lipinski definition) is 4. The molecule has 0 atom stereocenters. The summed E-state index contributed by atoms with van der Waals surface area (Å²) in [4.78, 5) is 12.1. The zero-order valence-electron chi connectivity index (χ0n) is 15.0. The van der Waals surface area contributed by atoms with E-state index in [0.29, 0.717) is 17.6 Å². The van der Waals surface area contributed by atoms with E-state index in [4.69, 9.17) is 0 Å². The Balaban J connectivity index is 1.65. The highest BCUT2D eigenvalue weighted by Gasteiger charge is 2.23. The molecule has 1 saturated carbocycles. The van der Waals surface area contributed by atoms with Crippen molar-refractivity contribution in [3.05, 3.63) is 48.3 Å². The smallest absolute Gasteiger partial charge is 0.234 e. The van der Waals surface area contributed by atoms with Crippen LogP contribution < -0.4 is 5.32 Å². The highest BCUT2D eigenvalue weighted by Crippen LogP contribution is 2.33. The summed E-state index contributed by atoms with van der Waals surface area (Å²) in [5.74, 6) is -0.491. The van der Waals surface area contributed by atoms with Gasteiger partial charge >= 0.3 is 0 Å². The third-order valence-corrected chi connectivity index (χ3v) is 5.53. The lowest BCUT2D eigenvalue weighted by Gasteiger charge is -2.21. The van der Waals surface area contributed by atoms with Gasteiger partial charge in [0.2, 0.25) is 5.91 Å². The van der Waals surface area contributed by atoms with Crippen molar-refractivity contribution >= 4 is 23.4 Å². The predicted molar refractivity (Wildman–Crippen MR) is 102 cm³/mol. The Bertz CT molecular complexity index is 818. The molecule has 144 valence electrons. The number of allylic oxidation sites excluding steroid dienone is 1. The normalized spacial score (nSPS) is 14.9. The molecular weight excluding hydrogens is 370 g/mol. The molecule has 1 heterocycles. The number of anilines is 1. The third-order valence-electron chi connectivity index (χ3n) is 4.57. The fraction of sp³-hybridized carbons (Fsp3) is 0.421. The van der Waals surface area contributed by atoms with E-state index < -0.39 is 17.5 Å². The predicted octanol–water partition coefficient (Wildman–Crippen LogP) is 4.52. The highest BCUT2D eigenvalue weighted by atomic mass is 32.2. The summed E-state index contributed by atoms with van der Waals surface area (Å²) < 4.78 is 28.6. The van der Waals surface area contributed by atoms with Crippen molar-refractivity contribution in [2.24, 2.45) is 0 Å². The average molecular weight is 392 g/mol. The first kappa shape index (κ1) is 19.5. The lowest BCUT2D eigenvalue weighted by atomic mass is 9.89. The van der Waals surface area contributed by atoms with Crippen LogP contribution in [0.2, 0.25) is 0 Å². The number of nitrogens with zero attached hydrogens (tertiary/aromatic N) is 3. The second-order valence-electron chi connectivity index (χ2n) is 6.54. The Morgan fingerprint density at radius 3 is 2.78 bits per heavy atom. The molecule has 0 bridgehead atoms. The summed E-state index contributed by atoms with van der Waals surface area (Å²) in [5.41, 5.74) is -0.0440. The van der Waals surface area contributed by atoms with Crippen LogP contribution in [0.4, 0.5) is 14.5 Å². The van der Waals surface area contributed by atoms with E-state index in [1.54, 1.807) is 6.08 Å². The van der Waals surface area contributed by atoms with Gasteiger partial charge in [-0.25, -0.2) is 8.78 Å². The molecule has 3 rings (SSSR count). The minimum Gasteiger partial charge on any atom is -0.323 e. The average Bonchev–Trinajstić information content (AvgIpc) is 3.06. The SMILES string of the molecule is C=CCn1c(SCC(=O)Nc2ccc(F)cc2F)nnc1C1CCCCC1. The standard InChI is InChI=1S/C19H22F2N4OS/c1-2-10-25-18(13-6-4-3-5-7-13)23-24-19(25)27-12-17(26)22-16-9-8-14(20)11-15(16)21/h2,8-9,11,13H,1,3-7,10,12H2,(H,22,26). The number of carbonyl (C=O) groups excluding carboxylic acids is 1. The molecule has 0 saturated heterocycles. The first-order valence-corrected chi connectivity index (χ1v) is 9.98. The Hall–Kier alpha value is -2.22. The van der Waals surface area contributed by atoms with E-state index in [0.717, 1.165) is 30.8 Å². The van der Waals surface area contributed by atoms with Crippen molar-refractivity contribution in [1.82, 2.24) is 14.8 Å². The van der Waals surface area contributed by atoms with Crippen molar-refractivity contribution < 1.29 is 13.6 Å². The van der Waals surface area contributed by atoms with Crippen LogP contribution in [-0.2, 0) is 11.3 Å². The Morgan fingerprint density at radius 1 is 1.30 bits per heavy atom. The summed E-state index contributed by atoms with van der Waals surface area (Å²) in [7, 11) is 0. The summed E-state index contributed by atoms with van der Waals surface area (Å²) in [5, 5.41) is 11.7. The summed E-state index contributed by atoms with van der Waals surface area (Å²) in [6.07, 6.45) is 7.63. The molecule has 1 N–H and O–H groups in total. The quantitative estimate of drug-likeness (QED) is 0.556. The van der Waals surface area contributed by atoms with Crippen LogP contribution in [0.5, 0.6) is 0 Å². The van der Waals surface area contributed by atoms with Crippen molar-refractivity contribution in [2.75, 3.05) is 11.1 Å². The van der Waals surface area contributed by atoms with E-state index in [1.807, 2.05) is 4.57 Å². The molecule has 1 fully saturated rings. The van der Waals surface area contributed by atoms with Gasteiger partial charge in [-0.2, -0.15) is 0 Å². The van der Waals surface area contributed by atoms with Crippen molar-refractivity contribution in [3.8, 4) is 0 Å². The van der Waals surface area contributed by atoms with Gasteiger partial charge in [-0.05, 0) is 25.0 Å². The number of hydrogen-bond donors (Lipinski definition) is 1. The van der Waals surface area contributed by atoms with Crippen LogP contribution in [-0.4, -0.2) is 26.4 Å². The number of amides is 1. The molecule has 1 aromatic carbocycles. The second-order valence-corrected chi connectivity index (χ2v) is 7.48. The maximum atomic E-state index is 13.6. The molecular formula is C19H22F2N4OS. The maximum Gasteiger partial charge on any atom is 0.234 e. The summed E-state index contributed by atoms with van der Waals surface area (Å²) >= 11 is 1.24. The Morgan fingerprint density at radius 2 is 2.07 bits per heavy atom. The number of aromatic nitrogens is 3. The molecule has 27 heavy (non-hydrogen) atoms. The molecule has 0 radical (unpaired) electrons. The van der Waals surface area contributed by atoms with E-state index in [-0.39, 0.29) is 11.4 Å². The van der Waals surface area contributed by atoms with Crippen LogP contribution >= 0.6 is 11.8 Å². The minimum atomic E-state index is -0.803. The Labute approximate surface area is 161 Å². The van der Waals surface area contributed by atoms with Crippen LogP contribution in [0.15, 0.2) is 36.0 Å². The first-order valence-electron chi connectivity index (χ1n) is 9.00. The second kappa shape index (κ2) is 9.12. The zero-order chi connectivity index (χ0) is 19.2. The van der Waals surface area contributed by atoms with Gasteiger partial charge in [0.1, 0.15) is 17.5 Å². The molecule has 1 aromatic heterocycles. The molecule has 1 aliphatic rings. The topological polar surface area (TPSA) is 59.8 Å². The number of nitrogens with one attached hydrogen (secondary N) is 1.